The molecule has 0 fully saturated rings. The molecule has 0 amide bonds. The van der Waals surface area contributed by atoms with Gasteiger partial charge in [0.2, 0.25) is 5.78 Å². The van der Waals surface area contributed by atoms with Gasteiger partial charge in [-0.1, -0.05) is 30.3 Å². The molecule has 0 unspecified atom stereocenters. The van der Waals surface area contributed by atoms with Crippen molar-refractivity contribution in [2.45, 2.75) is 6.92 Å². The fraction of sp³-hybridized carbons (Fsp3) is 0.188. The van der Waals surface area contributed by atoms with Gasteiger partial charge in [0.1, 0.15) is 22.8 Å². The topological polar surface area (TPSA) is 55.8 Å². The summed E-state index contributed by atoms with van der Waals surface area (Å²) in [5.41, 5.74) is 0.646. The third kappa shape index (κ3) is 2.74. The monoisotopic (exact) mass is 272 g/mol. The molecule has 0 aliphatic carbocycles. The first-order valence-electron chi connectivity index (χ1n) is 6.31. The minimum Gasteiger partial charge on any atom is -0.507 e. The maximum Gasteiger partial charge on any atom is 0.200 e. The van der Waals surface area contributed by atoms with Crippen LogP contribution in [-0.4, -0.2) is 24.6 Å². The lowest BCUT2D eigenvalue weighted by Gasteiger charge is -2.13. The van der Waals surface area contributed by atoms with Gasteiger partial charge in [-0.05, 0) is 6.92 Å². The highest BCUT2D eigenvalue weighted by atomic mass is 16.5. The first-order valence-corrected chi connectivity index (χ1v) is 6.31. The lowest BCUT2D eigenvalue weighted by Crippen LogP contribution is -2.06. The highest BCUT2D eigenvalue weighted by Gasteiger charge is 2.20. The predicted molar refractivity (Wildman–Crippen MR) is 75.7 cm³/mol. The van der Waals surface area contributed by atoms with Gasteiger partial charge in [0.15, 0.2) is 0 Å². The summed E-state index contributed by atoms with van der Waals surface area (Å²) >= 11 is 0. The molecule has 0 spiro atoms. The van der Waals surface area contributed by atoms with Gasteiger partial charge < -0.3 is 14.6 Å². The molecule has 0 aliphatic heterocycles. The number of hydrogen-bond donors (Lipinski definition) is 1. The Bertz CT molecular complexity index is 605. The number of carbonyl (C=O) groups is 1. The average molecular weight is 272 g/mol. The fourth-order valence-electron chi connectivity index (χ4n) is 1.93. The Balaban J connectivity index is 2.52. The van der Waals surface area contributed by atoms with E-state index in [-0.39, 0.29) is 17.1 Å². The second-order valence-electron chi connectivity index (χ2n) is 4.15. The molecule has 20 heavy (non-hydrogen) atoms. The highest BCUT2D eigenvalue weighted by molar-refractivity contribution is 6.12. The molecule has 4 nitrogen and oxygen atoms in total. The van der Waals surface area contributed by atoms with Gasteiger partial charge in [-0.2, -0.15) is 0 Å². The van der Waals surface area contributed by atoms with Crippen LogP contribution in [0.25, 0.3) is 0 Å². The number of methoxy groups -OCH3 is 1. The van der Waals surface area contributed by atoms with Gasteiger partial charge in [0, 0.05) is 17.7 Å². The summed E-state index contributed by atoms with van der Waals surface area (Å²) in [5, 5.41) is 10.1. The molecule has 0 atom stereocenters. The first-order chi connectivity index (χ1) is 9.67. The molecule has 1 N–H and O–H groups in total. The molecule has 0 saturated heterocycles. The number of ketones is 1. The van der Waals surface area contributed by atoms with Gasteiger partial charge in [0.25, 0.3) is 0 Å². The van der Waals surface area contributed by atoms with E-state index in [2.05, 4.69) is 0 Å². The van der Waals surface area contributed by atoms with Crippen LogP contribution in [0, 0.1) is 0 Å². The van der Waals surface area contributed by atoms with E-state index in [1.54, 1.807) is 30.3 Å². The van der Waals surface area contributed by atoms with Crippen molar-refractivity contribution in [3.8, 4) is 17.2 Å². The fourth-order valence-corrected chi connectivity index (χ4v) is 1.93. The number of hydrogen-bond acceptors (Lipinski definition) is 4. The predicted octanol–water partition coefficient (Wildman–Crippen LogP) is 3.03. The normalized spacial score (nSPS) is 10.1. The number of phenolic OH excluding ortho intramolecular Hbond substituents is 1. The number of aromatic hydroxyl groups is 1. The molecule has 0 heterocycles. The Hall–Kier alpha value is -2.49. The smallest absolute Gasteiger partial charge is 0.200 e. The van der Waals surface area contributed by atoms with Crippen molar-refractivity contribution >= 4 is 5.78 Å². The summed E-state index contributed by atoms with van der Waals surface area (Å²) < 4.78 is 10.5. The molecule has 0 aromatic heterocycles. The van der Waals surface area contributed by atoms with E-state index in [1.165, 1.54) is 13.2 Å². The maximum absolute atomic E-state index is 12.5. The first kappa shape index (κ1) is 13.9. The standard InChI is InChI=1S/C16H16O4/c1-3-20-14-10-12(19-2)9-13(17)15(14)16(18)11-7-5-4-6-8-11/h4-10,17H,3H2,1-2H3. The van der Waals surface area contributed by atoms with Crippen molar-refractivity contribution in [3.63, 3.8) is 0 Å². The third-order valence-corrected chi connectivity index (χ3v) is 2.85. The molecule has 0 saturated carbocycles. The van der Waals surface area contributed by atoms with Gasteiger partial charge >= 0.3 is 0 Å². The molecular weight excluding hydrogens is 256 g/mol. The van der Waals surface area contributed by atoms with Crippen LogP contribution in [-0.2, 0) is 0 Å². The lowest BCUT2D eigenvalue weighted by molar-refractivity contribution is 0.103. The molecule has 2 aromatic rings. The van der Waals surface area contributed by atoms with E-state index in [0.29, 0.717) is 23.7 Å². The minimum atomic E-state index is -0.283. The van der Waals surface area contributed by atoms with Crippen molar-refractivity contribution in [1.82, 2.24) is 0 Å². The number of rotatable bonds is 5. The van der Waals surface area contributed by atoms with Gasteiger partial charge in [-0.25, -0.2) is 0 Å². The summed E-state index contributed by atoms with van der Waals surface area (Å²) in [6.45, 7) is 2.20. The van der Waals surface area contributed by atoms with Crippen LogP contribution >= 0.6 is 0 Å². The summed E-state index contributed by atoms with van der Waals surface area (Å²) in [7, 11) is 1.49. The number of carbonyl (C=O) groups excluding carboxylic acids is 1. The Kier molecular flexibility index (Phi) is 4.25. The Labute approximate surface area is 117 Å². The molecule has 0 aliphatic rings. The van der Waals surface area contributed by atoms with Gasteiger partial charge in [0.05, 0.1) is 13.7 Å². The van der Waals surface area contributed by atoms with Crippen molar-refractivity contribution < 1.29 is 19.4 Å². The van der Waals surface area contributed by atoms with Crippen molar-refractivity contribution in [1.29, 1.82) is 0 Å². The molecule has 0 radical (unpaired) electrons. The second kappa shape index (κ2) is 6.10. The van der Waals surface area contributed by atoms with Crippen LogP contribution in [0.5, 0.6) is 17.2 Å². The van der Waals surface area contributed by atoms with Crippen molar-refractivity contribution in [2.24, 2.45) is 0 Å². The molecule has 4 heteroatoms. The molecule has 104 valence electrons. The highest BCUT2D eigenvalue weighted by Crippen LogP contribution is 2.35. The molecule has 2 aromatic carbocycles. The summed E-state index contributed by atoms with van der Waals surface area (Å²) in [5.74, 6) is 0.324. The Morgan fingerprint density at radius 1 is 1.20 bits per heavy atom. The SMILES string of the molecule is CCOc1cc(OC)cc(O)c1C(=O)c1ccccc1. The third-order valence-electron chi connectivity index (χ3n) is 2.85. The Morgan fingerprint density at radius 2 is 1.90 bits per heavy atom. The zero-order valence-electron chi connectivity index (χ0n) is 11.4. The van der Waals surface area contributed by atoms with Crippen LogP contribution in [0.2, 0.25) is 0 Å². The quantitative estimate of drug-likeness (QED) is 0.850. The molecule has 2 rings (SSSR count). The minimum absolute atomic E-state index is 0.151. The van der Waals surface area contributed by atoms with E-state index in [0.717, 1.165) is 0 Å². The van der Waals surface area contributed by atoms with Crippen molar-refractivity contribution in [2.75, 3.05) is 13.7 Å². The van der Waals surface area contributed by atoms with E-state index in [1.807, 2.05) is 13.0 Å². The number of ether oxygens (including phenoxy) is 2. The zero-order valence-corrected chi connectivity index (χ0v) is 11.4. The number of phenols is 1. The molecular formula is C16H16O4. The summed E-state index contributed by atoms with van der Waals surface area (Å²) in [6.07, 6.45) is 0. The van der Waals surface area contributed by atoms with Crippen LogP contribution < -0.4 is 9.47 Å². The van der Waals surface area contributed by atoms with E-state index >= 15 is 0 Å². The van der Waals surface area contributed by atoms with E-state index in [9.17, 15) is 9.90 Å². The largest absolute Gasteiger partial charge is 0.507 e. The number of benzene rings is 2. The zero-order chi connectivity index (χ0) is 14.5. The summed E-state index contributed by atoms with van der Waals surface area (Å²) in [4.78, 5) is 12.5. The maximum atomic E-state index is 12.5. The van der Waals surface area contributed by atoms with Crippen LogP contribution in [0.1, 0.15) is 22.8 Å². The average Bonchev–Trinajstić information content (AvgIpc) is 2.47. The van der Waals surface area contributed by atoms with Crippen LogP contribution in [0.15, 0.2) is 42.5 Å². The second-order valence-corrected chi connectivity index (χ2v) is 4.15. The van der Waals surface area contributed by atoms with E-state index < -0.39 is 0 Å². The van der Waals surface area contributed by atoms with E-state index in [4.69, 9.17) is 9.47 Å². The molecule has 0 bridgehead atoms. The lowest BCUT2D eigenvalue weighted by atomic mass is 10.0. The Morgan fingerprint density at radius 3 is 2.50 bits per heavy atom. The van der Waals surface area contributed by atoms with Gasteiger partial charge in [-0.3, -0.25) is 4.79 Å². The van der Waals surface area contributed by atoms with Crippen LogP contribution in [0.3, 0.4) is 0 Å². The summed E-state index contributed by atoms with van der Waals surface area (Å²) in [6, 6.07) is 11.8. The van der Waals surface area contributed by atoms with Gasteiger partial charge in [-0.15, -0.1) is 0 Å². The van der Waals surface area contributed by atoms with Crippen molar-refractivity contribution in [3.05, 3.63) is 53.6 Å². The van der Waals surface area contributed by atoms with Crippen LogP contribution in [0.4, 0.5) is 0 Å².